The summed E-state index contributed by atoms with van der Waals surface area (Å²) in [5.41, 5.74) is 2.43. The third-order valence-electron chi connectivity index (χ3n) is 3.28. The second-order valence-corrected chi connectivity index (χ2v) is 7.39. The van der Waals surface area contributed by atoms with Crippen LogP contribution in [0.25, 0.3) is 0 Å². The van der Waals surface area contributed by atoms with Crippen molar-refractivity contribution in [2.24, 2.45) is 0 Å². The first-order chi connectivity index (χ1) is 11.6. The summed E-state index contributed by atoms with van der Waals surface area (Å²) in [7, 11) is 0. The Kier molecular flexibility index (Phi) is 5.32. The molecule has 0 saturated carbocycles. The minimum absolute atomic E-state index is 0.123. The third-order valence-corrected chi connectivity index (χ3v) is 5.14. The second-order valence-electron chi connectivity index (χ2n) is 5.28. The molecule has 0 aliphatic heterocycles. The summed E-state index contributed by atoms with van der Waals surface area (Å²) in [6.45, 7) is 4.18. The van der Waals surface area contributed by atoms with Gasteiger partial charge in [-0.05, 0) is 38.1 Å². The Morgan fingerprint density at radius 3 is 2.67 bits per heavy atom. The Morgan fingerprint density at radius 2 is 2.04 bits per heavy atom. The van der Waals surface area contributed by atoms with E-state index in [1.165, 1.54) is 0 Å². The second kappa shape index (κ2) is 7.63. The molecule has 1 amide bonds. The molecule has 1 N–H and O–H groups in total. The Hall–Kier alpha value is -2.12. The number of thioether (sulfide) groups is 1. The fourth-order valence-electron chi connectivity index (χ4n) is 2.11. The van der Waals surface area contributed by atoms with Gasteiger partial charge in [-0.1, -0.05) is 5.16 Å². The van der Waals surface area contributed by atoms with Gasteiger partial charge in [-0.3, -0.25) is 4.79 Å². The maximum atomic E-state index is 12.1. The average molecular weight is 359 g/mol. The highest BCUT2D eigenvalue weighted by Crippen LogP contribution is 2.23. The summed E-state index contributed by atoms with van der Waals surface area (Å²) in [4.78, 5) is 17.7. The van der Waals surface area contributed by atoms with Crippen molar-refractivity contribution in [3.63, 3.8) is 0 Å². The van der Waals surface area contributed by atoms with Crippen molar-refractivity contribution in [1.82, 2.24) is 15.5 Å². The molecule has 1 aromatic carbocycles. The van der Waals surface area contributed by atoms with Gasteiger partial charge in [-0.2, -0.15) is 0 Å². The van der Waals surface area contributed by atoms with Crippen molar-refractivity contribution in [1.29, 1.82) is 0 Å². The van der Waals surface area contributed by atoms with Crippen LogP contribution in [-0.2, 0) is 12.3 Å². The molecule has 0 radical (unpaired) electrons. The van der Waals surface area contributed by atoms with Gasteiger partial charge in [0.05, 0.1) is 17.2 Å². The van der Waals surface area contributed by atoms with E-state index in [0.29, 0.717) is 17.8 Å². The zero-order valence-electron chi connectivity index (χ0n) is 13.4. The number of amides is 1. The first-order valence-electron chi connectivity index (χ1n) is 7.44. The summed E-state index contributed by atoms with van der Waals surface area (Å²) < 4.78 is 4.97. The van der Waals surface area contributed by atoms with Crippen molar-refractivity contribution in [3.05, 3.63) is 63.4 Å². The predicted molar refractivity (Wildman–Crippen MR) is 95.3 cm³/mol. The van der Waals surface area contributed by atoms with E-state index in [-0.39, 0.29) is 5.91 Å². The number of carbonyl (C=O) groups excluding carboxylic acids is 1. The summed E-state index contributed by atoms with van der Waals surface area (Å²) in [6.07, 6.45) is 0. The van der Waals surface area contributed by atoms with E-state index in [2.05, 4.69) is 20.8 Å². The highest BCUT2D eigenvalue weighted by atomic mass is 32.2. The van der Waals surface area contributed by atoms with E-state index in [4.69, 9.17) is 4.52 Å². The molecule has 124 valence electrons. The minimum Gasteiger partial charge on any atom is -0.361 e. The Balaban J connectivity index is 1.52. The van der Waals surface area contributed by atoms with Gasteiger partial charge in [0.2, 0.25) is 0 Å². The lowest BCUT2D eigenvalue weighted by molar-refractivity contribution is 0.0950. The number of nitrogens with one attached hydrogen (secondary N) is 1. The largest absolute Gasteiger partial charge is 0.361 e. The van der Waals surface area contributed by atoms with Crippen LogP contribution >= 0.6 is 23.1 Å². The van der Waals surface area contributed by atoms with Gasteiger partial charge in [0, 0.05) is 27.7 Å². The van der Waals surface area contributed by atoms with Crippen LogP contribution in [-0.4, -0.2) is 16.0 Å². The maximum absolute atomic E-state index is 12.1. The summed E-state index contributed by atoms with van der Waals surface area (Å²) in [5.74, 6) is 1.44. The van der Waals surface area contributed by atoms with Gasteiger partial charge in [0.1, 0.15) is 11.5 Å². The number of hydrogen-bond acceptors (Lipinski definition) is 6. The lowest BCUT2D eigenvalue weighted by Crippen LogP contribution is -2.22. The lowest BCUT2D eigenvalue weighted by Gasteiger charge is -2.04. The van der Waals surface area contributed by atoms with Crippen LogP contribution in [0.1, 0.15) is 32.5 Å². The maximum Gasteiger partial charge on any atom is 0.251 e. The molecule has 0 atom stereocenters. The molecule has 0 unspecified atom stereocenters. The molecule has 5 nitrogen and oxygen atoms in total. The fraction of sp³-hybridized carbons (Fsp3) is 0.235. The SMILES string of the molecule is Cc1cc(CNC(=O)c2ccc(SCc3csc(C)n3)cc2)no1. The molecule has 0 bridgehead atoms. The molecular weight excluding hydrogens is 342 g/mol. The number of aryl methyl sites for hydroxylation is 2. The zero-order valence-corrected chi connectivity index (χ0v) is 15.0. The predicted octanol–water partition coefficient (Wildman–Crippen LogP) is 3.97. The highest BCUT2D eigenvalue weighted by Gasteiger charge is 2.08. The van der Waals surface area contributed by atoms with Crippen molar-refractivity contribution < 1.29 is 9.32 Å². The van der Waals surface area contributed by atoms with Gasteiger partial charge < -0.3 is 9.84 Å². The normalized spacial score (nSPS) is 10.8. The quantitative estimate of drug-likeness (QED) is 0.675. The average Bonchev–Trinajstić information content (AvgIpc) is 3.19. The standard InChI is InChI=1S/C17H17N3O2S2/c1-11-7-14(20-22-11)8-18-17(21)13-3-5-16(6-4-13)24-10-15-9-23-12(2)19-15/h3-7,9H,8,10H2,1-2H3,(H,18,21). The lowest BCUT2D eigenvalue weighted by atomic mass is 10.2. The molecule has 3 aromatic rings. The molecule has 0 aliphatic carbocycles. The van der Waals surface area contributed by atoms with E-state index in [0.717, 1.165) is 27.1 Å². The Labute approximate surface area is 148 Å². The van der Waals surface area contributed by atoms with E-state index in [1.54, 1.807) is 29.2 Å². The molecule has 3 rings (SSSR count). The first-order valence-corrected chi connectivity index (χ1v) is 9.31. The number of nitrogens with zero attached hydrogens (tertiary/aromatic N) is 2. The van der Waals surface area contributed by atoms with Gasteiger partial charge in [0.25, 0.3) is 5.91 Å². The van der Waals surface area contributed by atoms with Crippen LogP contribution in [0.4, 0.5) is 0 Å². The van der Waals surface area contributed by atoms with Crippen molar-refractivity contribution >= 4 is 29.0 Å². The summed E-state index contributed by atoms with van der Waals surface area (Å²) >= 11 is 3.37. The molecule has 0 aliphatic rings. The Morgan fingerprint density at radius 1 is 1.25 bits per heavy atom. The van der Waals surface area contributed by atoms with Gasteiger partial charge in [-0.15, -0.1) is 23.1 Å². The minimum atomic E-state index is -0.123. The molecular formula is C17H17N3O2S2. The number of thiazole rings is 1. The Bertz CT molecular complexity index is 824. The van der Waals surface area contributed by atoms with E-state index in [9.17, 15) is 4.79 Å². The molecule has 0 saturated heterocycles. The van der Waals surface area contributed by atoms with Crippen molar-refractivity contribution in [2.45, 2.75) is 31.0 Å². The van der Waals surface area contributed by atoms with E-state index in [1.807, 2.05) is 38.1 Å². The molecule has 2 heterocycles. The number of carbonyl (C=O) groups is 1. The van der Waals surface area contributed by atoms with Crippen molar-refractivity contribution in [3.8, 4) is 0 Å². The van der Waals surface area contributed by atoms with Crippen molar-refractivity contribution in [2.75, 3.05) is 0 Å². The first kappa shape index (κ1) is 16.7. The van der Waals surface area contributed by atoms with Crippen LogP contribution in [0.15, 0.2) is 45.1 Å². The topological polar surface area (TPSA) is 68.0 Å². The van der Waals surface area contributed by atoms with Gasteiger partial charge in [0.15, 0.2) is 0 Å². The number of hydrogen-bond donors (Lipinski definition) is 1. The van der Waals surface area contributed by atoms with Crippen LogP contribution in [0, 0.1) is 13.8 Å². The number of benzene rings is 1. The molecule has 2 aromatic heterocycles. The van der Waals surface area contributed by atoms with Crippen LogP contribution in [0.5, 0.6) is 0 Å². The highest BCUT2D eigenvalue weighted by molar-refractivity contribution is 7.98. The van der Waals surface area contributed by atoms with Crippen LogP contribution in [0.3, 0.4) is 0 Å². The number of rotatable bonds is 6. The van der Waals surface area contributed by atoms with E-state index < -0.39 is 0 Å². The smallest absolute Gasteiger partial charge is 0.251 e. The fourth-order valence-corrected chi connectivity index (χ4v) is 3.62. The monoisotopic (exact) mass is 359 g/mol. The van der Waals surface area contributed by atoms with Crippen LogP contribution < -0.4 is 5.32 Å². The zero-order chi connectivity index (χ0) is 16.9. The van der Waals surface area contributed by atoms with E-state index >= 15 is 0 Å². The van der Waals surface area contributed by atoms with Gasteiger partial charge >= 0.3 is 0 Å². The molecule has 0 fully saturated rings. The summed E-state index contributed by atoms with van der Waals surface area (Å²) in [6, 6.07) is 9.38. The van der Waals surface area contributed by atoms with Gasteiger partial charge in [-0.25, -0.2) is 4.98 Å². The molecule has 7 heteroatoms. The number of aromatic nitrogens is 2. The molecule has 0 spiro atoms. The van der Waals surface area contributed by atoms with Crippen LogP contribution in [0.2, 0.25) is 0 Å². The third kappa shape index (κ3) is 4.46. The summed E-state index contributed by atoms with van der Waals surface area (Å²) in [5, 5.41) is 9.85. The molecule has 24 heavy (non-hydrogen) atoms.